The van der Waals surface area contributed by atoms with Gasteiger partial charge in [0.1, 0.15) is 6.54 Å². The lowest BCUT2D eigenvalue weighted by molar-refractivity contribution is -0.161. The summed E-state index contributed by atoms with van der Waals surface area (Å²) < 4.78 is 41.5. The first kappa shape index (κ1) is 16.2. The number of rotatable bonds is 7. The van der Waals surface area contributed by atoms with E-state index in [1.165, 1.54) is 6.92 Å². The summed E-state index contributed by atoms with van der Waals surface area (Å²) in [5.74, 6) is -0.170. The molecule has 17 heavy (non-hydrogen) atoms. The van der Waals surface area contributed by atoms with Crippen LogP contribution in [0.3, 0.4) is 0 Å². The lowest BCUT2D eigenvalue weighted by Gasteiger charge is -2.22. The molecule has 0 aliphatic heterocycles. The molecule has 0 radical (unpaired) electrons. The van der Waals surface area contributed by atoms with Gasteiger partial charge in [-0.25, -0.2) is 0 Å². The van der Waals surface area contributed by atoms with E-state index < -0.39 is 18.6 Å². The van der Waals surface area contributed by atoms with Crippen LogP contribution in [0.2, 0.25) is 0 Å². The van der Waals surface area contributed by atoms with Crippen LogP contribution >= 0.6 is 0 Å². The normalized spacial score (nSPS) is 11.9. The molecule has 0 spiro atoms. The minimum atomic E-state index is -4.34. The van der Waals surface area contributed by atoms with Crippen molar-refractivity contribution in [3.05, 3.63) is 0 Å². The molecule has 0 heterocycles. The number of nitrogens with zero attached hydrogens (tertiary/aromatic N) is 1. The largest absolute Gasteiger partial charge is 0.406 e. The van der Waals surface area contributed by atoms with E-state index in [4.69, 9.17) is 4.74 Å². The van der Waals surface area contributed by atoms with E-state index in [0.717, 1.165) is 4.90 Å². The molecule has 0 aliphatic carbocycles. The van der Waals surface area contributed by atoms with E-state index in [9.17, 15) is 18.0 Å². The zero-order chi connectivity index (χ0) is 13.5. The third-order valence-corrected chi connectivity index (χ3v) is 2.02. The molecule has 0 saturated heterocycles. The third-order valence-electron chi connectivity index (χ3n) is 2.02. The summed E-state index contributed by atoms with van der Waals surface area (Å²) in [6.45, 7) is 5.01. The molecule has 0 aliphatic rings. The minimum Gasteiger partial charge on any atom is -0.381 e. The first-order valence-electron chi connectivity index (χ1n) is 5.68. The Labute approximate surface area is 99.9 Å². The van der Waals surface area contributed by atoms with Crippen molar-refractivity contribution in [3.8, 4) is 0 Å². The average molecular weight is 255 g/mol. The van der Waals surface area contributed by atoms with Gasteiger partial charge in [-0.2, -0.15) is 13.2 Å². The van der Waals surface area contributed by atoms with Crippen molar-refractivity contribution < 1.29 is 22.7 Å². The molecule has 102 valence electrons. The number of amides is 1. The molecule has 0 atom stereocenters. The van der Waals surface area contributed by atoms with Gasteiger partial charge < -0.3 is 9.64 Å². The van der Waals surface area contributed by atoms with Gasteiger partial charge >= 0.3 is 6.18 Å². The van der Waals surface area contributed by atoms with Gasteiger partial charge in [-0.1, -0.05) is 13.8 Å². The van der Waals surface area contributed by atoms with Crippen LogP contribution in [0, 0.1) is 5.92 Å². The Hall–Kier alpha value is -0.780. The maximum atomic E-state index is 12.1. The van der Waals surface area contributed by atoms with Crippen molar-refractivity contribution >= 4 is 5.91 Å². The molecule has 0 bridgehead atoms. The quantitative estimate of drug-likeness (QED) is 0.654. The van der Waals surface area contributed by atoms with Crippen molar-refractivity contribution in [2.24, 2.45) is 5.92 Å². The Bertz CT molecular complexity index is 229. The molecule has 0 unspecified atom stereocenters. The molecule has 0 aromatic heterocycles. The summed E-state index contributed by atoms with van der Waals surface area (Å²) in [6.07, 6.45) is -4.35. The highest BCUT2D eigenvalue weighted by molar-refractivity contribution is 5.76. The van der Waals surface area contributed by atoms with E-state index in [0.29, 0.717) is 12.5 Å². The van der Waals surface area contributed by atoms with Gasteiger partial charge in [0, 0.05) is 13.2 Å². The summed E-state index contributed by atoms with van der Waals surface area (Å²) in [5, 5.41) is 0. The summed E-state index contributed by atoms with van der Waals surface area (Å²) in [6, 6.07) is 0. The van der Waals surface area contributed by atoms with Crippen LogP contribution in [0.5, 0.6) is 0 Å². The van der Waals surface area contributed by atoms with Crippen LogP contribution in [0.4, 0.5) is 13.2 Å². The number of halogens is 3. The molecule has 0 aromatic rings. The third kappa shape index (κ3) is 8.97. The molecule has 6 heteroatoms. The van der Waals surface area contributed by atoms with E-state index in [-0.39, 0.29) is 19.6 Å². The standard InChI is InChI=1S/C11H20F3NO2/c1-4-15(8-11(12,13)14)10(16)5-6-17-7-9(2)3/h9H,4-8H2,1-3H3. The lowest BCUT2D eigenvalue weighted by Crippen LogP contribution is -2.39. The summed E-state index contributed by atoms with van der Waals surface area (Å²) in [7, 11) is 0. The minimum absolute atomic E-state index is 0.00333. The van der Waals surface area contributed by atoms with E-state index >= 15 is 0 Å². The number of hydrogen-bond donors (Lipinski definition) is 0. The summed E-state index contributed by atoms with van der Waals surface area (Å²) in [5.41, 5.74) is 0. The topological polar surface area (TPSA) is 29.5 Å². The predicted molar refractivity (Wildman–Crippen MR) is 58.6 cm³/mol. The fourth-order valence-electron chi connectivity index (χ4n) is 1.23. The molecule has 0 N–H and O–H groups in total. The fourth-order valence-corrected chi connectivity index (χ4v) is 1.23. The van der Waals surface area contributed by atoms with Crippen molar-refractivity contribution in [2.45, 2.75) is 33.4 Å². The molecular formula is C11H20F3NO2. The zero-order valence-corrected chi connectivity index (χ0v) is 10.5. The van der Waals surface area contributed by atoms with Gasteiger partial charge in [0.25, 0.3) is 0 Å². The zero-order valence-electron chi connectivity index (χ0n) is 10.5. The van der Waals surface area contributed by atoms with Gasteiger partial charge in [-0.15, -0.1) is 0 Å². The first-order valence-corrected chi connectivity index (χ1v) is 5.68. The van der Waals surface area contributed by atoms with Crippen molar-refractivity contribution in [1.29, 1.82) is 0 Å². The number of ether oxygens (including phenoxy) is 1. The SMILES string of the molecule is CCN(CC(F)(F)F)C(=O)CCOCC(C)C. The second-order valence-electron chi connectivity index (χ2n) is 4.24. The highest BCUT2D eigenvalue weighted by Gasteiger charge is 2.31. The summed E-state index contributed by atoms with van der Waals surface area (Å²) in [4.78, 5) is 12.2. The molecular weight excluding hydrogens is 235 g/mol. The number of carbonyl (C=O) groups excluding carboxylic acids is 1. The molecule has 0 saturated carbocycles. The number of hydrogen-bond acceptors (Lipinski definition) is 2. The average Bonchev–Trinajstić information content (AvgIpc) is 2.19. The Balaban J connectivity index is 3.93. The highest BCUT2D eigenvalue weighted by Crippen LogP contribution is 2.16. The van der Waals surface area contributed by atoms with Crippen LogP contribution in [-0.4, -0.2) is 43.3 Å². The molecule has 0 aromatic carbocycles. The number of alkyl halides is 3. The lowest BCUT2D eigenvalue weighted by atomic mass is 10.2. The van der Waals surface area contributed by atoms with Gasteiger partial charge in [-0.3, -0.25) is 4.79 Å². The molecule has 3 nitrogen and oxygen atoms in total. The van der Waals surface area contributed by atoms with Crippen LogP contribution in [0.1, 0.15) is 27.2 Å². The fraction of sp³-hybridized carbons (Fsp3) is 0.909. The van der Waals surface area contributed by atoms with Crippen LogP contribution < -0.4 is 0 Å². The summed E-state index contributed by atoms with van der Waals surface area (Å²) >= 11 is 0. The Morgan fingerprint density at radius 2 is 1.94 bits per heavy atom. The Morgan fingerprint density at radius 1 is 1.35 bits per heavy atom. The van der Waals surface area contributed by atoms with Gasteiger partial charge in [0.15, 0.2) is 0 Å². The number of carbonyl (C=O) groups is 1. The molecule has 1 amide bonds. The molecule has 0 rings (SSSR count). The Morgan fingerprint density at radius 3 is 2.35 bits per heavy atom. The first-order chi connectivity index (χ1) is 7.76. The van der Waals surface area contributed by atoms with Gasteiger partial charge in [-0.05, 0) is 12.8 Å². The Kier molecular flexibility index (Phi) is 7.18. The van der Waals surface area contributed by atoms with E-state index in [1.807, 2.05) is 13.8 Å². The second-order valence-corrected chi connectivity index (χ2v) is 4.24. The van der Waals surface area contributed by atoms with Crippen molar-refractivity contribution in [1.82, 2.24) is 4.90 Å². The van der Waals surface area contributed by atoms with Gasteiger partial charge in [0.05, 0.1) is 13.0 Å². The van der Waals surface area contributed by atoms with Crippen molar-refractivity contribution in [2.75, 3.05) is 26.3 Å². The maximum Gasteiger partial charge on any atom is 0.406 e. The van der Waals surface area contributed by atoms with Crippen LogP contribution in [0.25, 0.3) is 0 Å². The van der Waals surface area contributed by atoms with E-state index in [1.54, 1.807) is 0 Å². The van der Waals surface area contributed by atoms with E-state index in [2.05, 4.69) is 0 Å². The van der Waals surface area contributed by atoms with Crippen molar-refractivity contribution in [3.63, 3.8) is 0 Å². The van der Waals surface area contributed by atoms with Crippen LogP contribution in [0.15, 0.2) is 0 Å². The van der Waals surface area contributed by atoms with Crippen LogP contribution in [-0.2, 0) is 9.53 Å². The second kappa shape index (κ2) is 7.53. The predicted octanol–water partition coefficient (Wildman–Crippen LogP) is 2.46. The van der Waals surface area contributed by atoms with Gasteiger partial charge in [0.2, 0.25) is 5.91 Å². The smallest absolute Gasteiger partial charge is 0.381 e. The monoisotopic (exact) mass is 255 g/mol. The molecule has 0 fully saturated rings. The highest BCUT2D eigenvalue weighted by atomic mass is 19.4. The maximum absolute atomic E-state index is 12.1.